The van der Waals surface area contributed by atoms with Gasteiger partial charge >= 0.3 is 5.97 Å². The highest BCUT2D eigenvalue weighted by Crippen LogP contribution is 2.41. The van der Waals surface area contributed by atoms with Crippen LogP contribution in [-0.4, -0.2) is 158 Å². The van der Waals surface area contributed by atoms with E-state index < -0.39 is 81.9 Å². The van der Waals surface area contributed by atoms with E-state index in [9.17, 15) is 30.0 Å². The maximum Gasteiger partial charge on any atom is 0.312 e. The molecular weight excluding hydrogens is 849 g/mol. The number of nitrogens with zero attached hydrogens (tertiary/aromatic N) is 3. The fourth-order valence-electron chi connectivity index (χ4n) is 8.69. The molecule has 3 aliphatic rings. The predicted molar refractivity (Wildman–Crippen MR) is 224 cm³/mol. The van der Waals surface area contributed by atoms with Crippen LogP contribution in [0.25, 0.3) is 10.9 Å². The average molecular weight is 914 g/mol. The molecular formula is C41H64IN5O10. The highest BCUT2D eigenvalue weighted by Gasteiger charge is 2.53. The third-order valence-corrected chi connectivity index (χ3v) is 13.9. The number of likely N-dealkylation sites (N-methyl/N-ethyl adjacent to an activating group) is 2. The summed E-state index contributed by atoms with van der Waals surface area (Å²) in [5, 5.41) is 54.7. The number of alkyl halides is 1. The van der Waals surface area contributed by atoms with E-state index in [1.165, 1.54) is 13.8 Å². The van der Waals surface area contributed by atoms with Crippen molar-refractivity contribution in [2.75, 3.05) is 46.1 Å². The second-order valence-electron chi connectivity index (χ2n) is 17.2. The number of aliphatic hydroxyl groups excluding tert-OH is 2. The molecule has 3 aliphatic heterocycles. The number of amides is 1. The number of hydrogen-bond acceptors (Lipinski definition) is 14. The van der Waals surface area contributed by atoms with Crippen LogP contribution in [0.5, 0.6) is 0 Å². The van der Waals surface area contributed by atoms with E-state index in [0.29, 0.717) is 19.4 Å². The summed E-state index contributed by atoms with van der Waals surface area (Å²) in [4.78, 5) is 35.1. The first-order valence-electron chi connectivity index (χ1n) is 20.1. The Morgan fingerprint density at radius 3 is 2.47 bits per heavy atom. The van der Waals surface area contributed by atoms with Crippen molar-refractivity contribution in [1.82, 2.24) is 20.1 Å². The molecule has 0 saturated carbocycles. The molecule has 1 amide bonds. The molecule has 1 aromatic heterocycles. The molecule has 3 saturated heterocycles. The summed E-state index contributed by atoms with van der Waals surface area (Å²) in [5.41, 5.74) is -1.84. The number of aliphatic hydroxyl groups is 4. The van der Waals surface area contributed by atoms with Gasteiger partial charge in [-0.1, -0.05) is 25.1 Å². The van der Waals surface area contributed by atoms with Gasteiger partial charge in [0.15, 0.2) is 10.4 Å². The van der Waals surface area contributed by atoms with Crippen LogP contribution in [-0.2, 0) is 28.5 Å². The molecule has 320 valence electrons. The number of pyridine rings is 1. The highest BCUT2D eigenvalue weighted by atomic mass is 127. The van der Waals surface area contributed by atoms with E-state index in [1.807, 2.05) is 63.3 Å². The average Bonchev–Trinajstić information content (AvgIpc) is 3.20. The Labute approximate surface area is 350 Å². The Bertz CT molecular complexity index is 1660. The van der Waals surface area contributed by atoms with Gasteiger partial charge in [0.1, 0.15) is 17.8 Å². The molecule has 2 aromatic rings. The van der Waals surface area contributed by atoms with Gasteiger partial charge in [-0.15, -0.1) is 0 Å². The molecule has 16 heteroatoms. The minimum atomic E-state index is -1.86. The lowest BCUT2D eigenvalue weighted by molar-refractivity contribution is -0.304. The number of cyclic esters (lactones) is 1. The van der Waals surface area contributed by atoms with E-state index in [4.69, 9.17) is 18.9 Å². The van der Waals surface area contributed by atoms with Crippen LogP contribution in [0.2, 0.25) is 0 Å². The first-order chi connectivity index (χ1) is 26.7. The number of hydrogen-bond donors (Lipinski definition) is 6. The van der Waals surface area contributed by atoms with Crippen LogP contribution >= 0.6 is 22.6 Å². The Morgan fingerprint density at radius 2 is 1.77 bits per heavy atom. The molecule has 4 heterocycles. The first kappa shape index (κ1) is 45.8. The van der Waals surface area contributed by atoms with Gasteiger partial charge in [0.05, 0.1) is 48.0 Å². The standard InChI is InChI=1S/C41H64IN5O10/c1-22-18-30(46(7)8)34-38(54-22)56-36-23(2)33(49)24(3)37(51)57-39(42)41(6,53)35(50)25(4)47(9)21-26(19-40(36,5)52)31(55-34)15-17-44-32(48)20-45-29-14-16-43-28-13-11-10-12-27(28)29/h10-14,16,22-26,30-31,33-36,38-39,49-50,52-53H,15,17-21H2,1-9H3,(H,43,45)(H,44,48)/t22-,23+,24-,25-,26-,30+,31?,33+,34-,35-,36-,38+,39+,40-,41+/m1/s1. The van der Waals surface area contributed by atoms with Gasteiger partial charge < -0.3 is 59.8 Å². The molecule has 0 aliphatic carbocycles. The topological polar surface area (TPSA) is 195 Å². The van der Waals surface area contributed by atoms with Crippen molar-refractivity contribution >= 4 is 51.1 Å². The lowest BCUT2D eigenvalue weighted by atomic mass is 9.76. The van der Waals surface area contributed by atoms with Gasteiger partial charge in [0.25, 0.3) is 0 Å². The normalized spacial score (nSPS) is 40.2. The van der Waals surface area contributed by atoms with Gasteiger partial charge in [-0.25, -0.2) is 0 Å². The number of benzene rings is 1. The second kappa shape index (κ2) is 19.0. The van der Waals surface area contributed by atoms with Crippen molar-refractivity contribution in [2.45, 2.75) is 131 Å². The first-order valence-corrected chi connectivity index (χ1v) is 21.3. The number of halogens is 1. The minimum absolute atomic E-state index is 0.0348. The SMILES string of the molecule is C[C@H]1[C@H](O)[C@@H](C)C(=O)O[C@H](I)[C@@](C)(O)[C@H](O)[C@@H](C)N(C)C[C@H]2C[C@@](C)(O)[C@@H]1O[C@@H]1O[C@H](C)C[C@H](N(C)C)[C@H]1OC2CCNC(=O)CNc1ccnc2ccccc12. The van der Waals surface area contributed by atoms with Crippen LogP contribution in [0.15, 0.2) is 36.5 Å². The lowest BCUT2D eigenvalue weighted by Crippen LogP contribution is -2.59. The summed E-state index contributed by atoms with van der Waals surface area (Å²) >= 11 is 1.80. The Balaban J connectivity index is 1.49. The number of carbonyl (C=O) groups is 2. The van der Waals surface area contributed by atoms with Crippen molar-refractivity contribution in [3.8, 4) is 0 Å². The van der Waals surface area contributed by atoms with Crippen molar-refractivity contribution < 1.29 is 49.0 Å². The Kier molecular flexibility index (Phi) is 15.3. The van der Waals surface area contributed by atoms with Gasteiger partial charge in [-0.05, 0) is 110 Å². The van der Waals surface area contributed by atoms with E-state index in [1.54, 1.807) is 49.6 Å². The van der Waals surface area contributed by atoms with Crippen LogP contribution < -0.4 is 10.6 Å². The van der Waals surface area contributed by atoms with Crippen LogP contribution in [0, 0.1) is 17.8 Å². The van der Waals surface area contributed by atoms with E-state index in [0.717, 1.165) is 16.6 Å². The smallest absolute Gasteiger partial charge is 0.312 e. The van der Waals surface area contributed by atoms with Crippen molar-refractivity contribution in [1.29, 1.82) is 0 Å². The zero-order valence-electron chi connectivity index (χ0n) is 34.7. The van der Waals surface area contributed by atoms with Crippen LogP contribution in [0.1, 0.15) is 60.8 Å². The summed E-state index contributed by atoms with van der Waals surface area (Å²) in [6, 6.07) is 8.73. The quantitative estimate of drug-likeness (QED) is 0.135. The van der Waals surface area contributed by atoms with Gasteiger partial charge in [0.2, 0.25) is 5.91 Å². The number of para-hydroxylation sites is 1. The summed E-state index contributed by atoms with van der Waals surface area (Å²) < 4.78 is 24.9. The molecule has 1 aromatic carbocycles. The zero-order chi connectivity index (χ0) is 42.0. The van der Waals surface area contributed by atoms with Crippen LogP contribution in [0.3, 0.4) is 0 Å². The van der Waals surface area contributed by atoms with E-state index in [-0.39, 0.29) is 37.6 Å². The van der Waals surface area contributed by atoms with Gasteiger partial charge in [-0.3, -0.25) is 14.6 Å². The van der Waals surface area contributed by atoms with Crippen LogP contribution in [0.4, 0.5) is 5.69 Å². The maximum absolute atomic E-state index is 13.5. The Morgan fingerprint density at radius 1 is 1.07 bits per heavy atom. The highest BCUT2D eigenvalue weighted by molar-refractivity contribution is 14.1. The number of rotatable bonds is 7. The third kappa shape index (κ3) is 10.6. The molecule has 2 bridgehead atoms. The lowest BCUT2D eigenvalue weighted by Gasteiger charge is -2.47. The molecule has 1 unspecified atom stereocenters. The fraction of sp³-hybridized carbons (Fsp3) is 0.732. The molecule has 15 nitrogen and oxygen atoms in total. The Hall–Kier alpha value is -2.26. The molecule has 5 rings (SSSR count). The maximum atomic E-state index is 13.5. The minimum Gasteiger partial charge on any atom is -0.448 e. The summed E-state index contributed by atoms with van der Waals surface area (Å²) in [6.07, 6.45) is -3.26. The summed E-state index contributed by atoms with van der Waals surface area (Å²) in [7, 11) is 5.76. The molecule has 0 spiro atoms. The summed E-state index contributed by atoms with van der Waals surface area (Å²) in [6.45, 7) is 10.7. The molecule has 57 heavy (non-hydrogen) atoms. The molecule has 15 atom stereocenters. The molecule has 0 radical (unpaired) electrons. The third-order valence-electron chi connectivity index (χ3n) is 12.4. The molecule has 6 N–H and O–H groups in total. The van der Waals surface area contributed by atoms with Gasteiger partial charge in [-0.2, -0.15) is 0 Å². The van der Waals surface area contributed by atoms with Crippen molar-refractivity contribution in [3.05, 3.63) is 36.5 Å². The van der Waals surface area contributed by atoms with Crippen molar-refractivity contribution in [3.63, 3.8) is 0 Å². The number of aromatic nitrogens is 1. The fourth-order valence-corrected chi connectivity index (χ4v) is 9.31. The number of carbonyl (C=O) groups excluding carboxylic acids is 2. The number of fused-ring (bicyclic) bond motifs is 5. The monoisotopic (exact) mass is 913 g/mol. The predicted octanol–water partition coefficient (Wildman–Crippen LogP) is 2.51. The van der Waals surface area contributed by atoms with Gasteiger partial charge in [0, 0.05) is 54.3 Å². The van der Waals surface area contributed by atoms with E-state index in [2.05, 4.69) is 20.5 Å². The molecule has 3 fully saturated rings. The summed E-state index contributed by atoms with van der Waals surface area (Å²) in [5.74, 6) is -3.28. The van der Waals surface area contributed by atoms with E-state index >= 15 is 0 Å². The number of anilines is 1. The number of ether oxygens (including phenoxy) is 4. The largest absolute Gasteiger partial charge is 0.448 e. The number of nitrogens with one attached hydrogen (secondary N) is 2. The van der Waals surface area contributed by atoms with Crippen molar-refractivity contribution in [2.24, 2.45) is 17.8 Å². The zero-order valence-corrected chi connectivity index (χ0v) is 36.8. The number of esters is 1. The second-order valence-corrected chi connectivity index (χ2v) is 18.3.